The van der Waals surface area contributed by atoms with Crippen LogP contribution in [0.15, 0.2) is 72.3 Å². The molecule has 1 saturated heterocycles. The lowest BCUT2D eigenvalue weighted by Crippen LogP contribution is -2.29. The smallest absolute Gasteiger partial charge is 0.300 e. The van der Waals surface area contributed by atoms with Crippen molar-refractivity contribution in [3.8, 4) is 5.75 Å². The average molecular weight is 452 g/mol. The number of ether oxygens (including phenoxy) is 1. The first-order valence-electron chi connectivity index (χ1n) is 9.79. The molecule has 3 aromatic carbocycles. The normalized spacial score (nSPS) is 17.6. The lowest BCUT2D eigenvalue weighted by atomic mass is 9.94. The van der Waals surface area contributed by atoms with Crippen molar-refractivity contribution in [2.24, 2.45) is 0 Å². The summed E-state index contributed by atoms with van der Waals surface area (Å²) >= 11 is 5.98. The predicted molar refractivity (Wildman–Crippen MR) is 120 cm³/mol. The minimum absolute atomic E-state index is 0.0823. The van der Waals surface area contributed by atoms with Crippen LogP contribution >= 0.6 is 11.6 Å². The van der Waals surface area contributed by atoms with Gasteiger partial charge in [-0.25, -0.2) is 4.39 Å². The molecule has 1 amide bonds. The molecule has 4 rings (SSSR count). The van der Waals surface area contributed by atoms with Crippen molar-refractivity contribution in [2.45, 2.75) is 13.0 Å². The molecular formula is C25H19ClFNO4. The van der Waals surface area contributed by atoms with E-state index in [4.69, 9.17) is 16.3 Å². The molecule has 0 spiro atoms. The molecule has 0 radical (unpaired) electrons. The van der Waals surface area contributed by atoms with E-state index in [-0.39, 0.29) is 11.3 Å². The van der Waals surface area contributed by atoms with Gasteiger partial charge in [0.2, 0.25) is 0 Å². The number of carbonyl (C=O) groups is 2. The van der Waals surface area contributed by atoms with Crippen molar-refractivity contribution in [1.82, 2.24) is 0 Å². The summed E-state index contributed by atoms with van der Waals surface area (Å²) in [5, 5.41) is 11.6. The summed E-state index contributed by atoms with van der Waals surface area (Å²) in [6, 6.07) is 15.9. The monoisotopic (exact) mass is 451 g/mol. The van der Waals surface area contributed by atoms with Crippen molar-refractivity contribution in [3.05, 3.63) is 99.8 Å². The molecule has 1 N–H and O–H groups in total. The van der Waals surface area contributed by atoms with Crippen LogP contribution in [-0.4, -0.2) is 23.9 Å². The van der Waals surface area contributed by atoms with Crippen molar-refractivity contribution in [3.63, 3.8) is 0 Å². The number of amides is 1. The minimum Gasteiger partial charge on any atom is -0.507 e. The lowest BCUT2D eigenvalue weighted by Gasteiger charge is -2.25. The van der Waals surface area contributed by atoms with E-state index in [9.17, 15) is 19.1 Å². The van der Waals surface area contributed by atoms with Gasteiger partial charge in [-0.2, -0.15) is 0 Å². The Bertz CT molecular complexity index is 1240. The molecule has 3 aromatic rings. The van der Waals surface area contributed by atoms with Crippen LogP contribution in [0.4, 0.5) is 10.1 Å². The van der Waals surface area contributed by atoms with Gasteiger partial charge in [-0.15, -0.1) is 0 Å². The predicted octanol–water partition coefficient (Wildman–Crippen LogP) is 5.42. The quantitative estimate of drug-likeness (QED) is 0.326. The number of anilines is 1. The molecule has 5 nitrogen and oxygen atoms in total. The molecule has 162 valence electrons. The second-order valence-electron chi connectivity index (χ2n) is 7.38. The molecule has 1 aliphatic rings. The molecule has 0 aromatic heterocycles. The van der Waals surface area contributed by atoms with Crippen LogP contribution in [0.5, 0.6) is 5.75 Å². The molecule has 0 saturated carbocycles. The first kappa shape index (κ1) is 21.6. The highest BCUT2D eigenvalue weighted by Crippen LogP contribution is 2.42. The molecule has 1 unspecified atom stereocenters. The van der Waals surface area contributed by atoms with Crippen LogP contribution in [0.1, 0.15) is 22.7 Å². The molecular weight excluding hydrogens is 433 g/mol. The standard InChI is InChI=1S/C25H19ClFNO4/c1-14-13-16(5-12-20(14)32-2)23(29)21-22(15-3-8-18(27)9-4-15)28(25(31)24(21)30)19-10-6-17(26)7-11-19/h3-13,22,29H,1-2H3/b23-21-. The van der Waals surface area contributed by atoms with E-state index in [2.05, 4.69) is 0 Å². The van der Waals surface area contributed by atoms with E-state index in [0.29, 0.717) is 27.6 Å². The summed E-state index contributed by atoms with van der Waals surface area (Å²) in [5.74, 6) is -1.78. The topological polar surface area (TPSA) is 66.8 Å². The maximum atomic E-state index is 13.6. The molecule has 32 heavy (non-hydrogen) atoms. The van der Waals surface area contributed by atoms with Gasteiger partial charge in [0.25, 0.3) is 11.7 Å². The molecule has 0 aliphatic carbocycles. The fourth-order valence-corrected chi connectivity index (χ4v) is 3.97. The maximum Gasteiger partial charge on any atom is 0.300 e. The number of Topliss-reactive ketones (excluding diaryl/α,β-unsaturated/α-hetero) is 1. The molecule has 7 heteroatoms. The minimum atomic E-state index is -0.945. The van der Waals surface area contributed by atoms with Gasteiger partial charge in [0.15, 0.2) is 0 Å². The summed E-state index contributed by atoms with van der Waals surface area (Å²) in [5.41, 5.74) is 1.94. The van der Waals surface area contributed by atoms with E-state index >= 15 is 0 Å². The second-order valence-corrected chi connectivity index (χ2v) is 7.82. The Labute approximate surface area is 189 Å². The number of hydrogen-bond donors (Lipinski definition) is 1. The van der Waals surface area contributed by atoms with Crippen molar-refractivity contribution in [2.75, 3.05) is 12.0 Å². The number of methoxy groups -OCH3 is 1. The van der Waals surface area contributed by atoms with Gasteiger partial charge < -0.3 is 9.84 Å². The first-order valence-corrected chi connectivity index (χ1v) is 10.2. The Morgan fingerprint density at radius 2 is 1.69 bits per heavy atom. The van der Waals surface area contributed by atoms with E-state index in [1.807, 2.05) is 0 Å². The number of carbonyl (C=O) groups excluding carboxylic acids is 2. The van der Waals surface area contributed by atoms with E-state index in [1.165, 1.54) is 36.3 Å². The zero-order valence-corrected chi connectivity index (χ0v) is 18.1. The summed E-state index contributed by atoms with van der Waals surface area (Å²) < 4.78 is 18.8. The van der Waals surface area contributed by atoms with E-state index in [1.54, 1.807) is 49.4 Å². The molecule has 1 atom stereocenters. The Morgan fingerprint density at radius 1 is 1.03 bits per heavy atom. The van der Waals surface area contributed by atoms with Crippen LogP contribution in [0.3, 0.4) is 0 Å². The number of ketones is 1. The number of nitrogens with zero attached hydrogens (tertiary/aromatic N) is 1. The largest absolute Gasteiger partial charge is 0.507 e. The van der Waals surface area contributed by atoms with Crippen molar-refractivity contribution >= 4 is 34.7 Å². The van der Waals surface area contributed by atoms with Crippen molar-refractivity contribution in [1.29, 1.82) is 0 Å². The van der Waals surface area contributed by atoms with E-state index in [0.717, 1.165) is 5.56 Å². The van der Waals surface area contributed by atoms with Crippen molar-refractivity contribution < 1.29 is 23.8 Å². The summed E-state index contributed by atoms with van der Waals surface area (Å²) in [6.45, 7) is 1.80. The summed E-state index contributed by atoms with van der Waals surface area (Å²) in [4.78, 5) is 27.4. The van der Waals surface area contributed by atoms with Gasteiger partial charge in [0.1, 0.15) is 17.3 Å². The summed E-state index contributed by atoms with van der Waals surface area (Å²) in [6.07, 6.45) is 0. The van der Waals surface area contributed by atoms with Crippen LogP contribution in [0.25, 0.3) is 5.76 Å². The zero-order chi connectivity index (χ0) is 23.0. The van der Waals surface area contributed by atoms with Crippen LogP contribution < -0.4 is 9.64 Å². The SMILES string of the molecule is COc1ccc(/C(O)=C2/C(=O)C(=O)N(c3ccc(Cl)cc3)C2c2ccc(F)cc2)cc1C. The van der Waals surface area contributed by atoms with Crippen LogP contribution in [0.2, 0.25) is 5.02 Å². The van der Waals surface area contributed by atoms with E-state index < -0.39 is 23.5 Å². The third-order valence-corrected chi connectivity index (χ3v) is 5.66. The molecule has 0 bridgehead atoms. The number of aliphatic hydroxyl groups is 1. The van der Waals surface area contributed by atoms with Crippen LogP contribution in [-0.2, 0) is 9.59 Å². The highest BCUT2D eigenvalue weighted by molar-refractivity contribution is 6.51. The van der Waals surface area contributed by atoms with Gasteiger partial charge in [-0.1, -0.05) is 23.7 Å². The van der Waals surface area contributed by atoms with Crippen LogP contribution in [0, 0.1) is 12.7 Å². The van der Waals surface area contributed by atoms with Gasteiger partial charge in [-0.05, 0) is 72.6 Å². The Morgan fingerprint density at radius 3 is 2.28 bits per heavy atom. The van der Waals surface area contributed by atoms with Gasteiger partial charge in [-0.3, -0.25) is 14.5 Å². The fraction of sp³-hybridized carbons (Fsp3) is 0.120. The first-order chi connectivity index (χ1) is 15.3. The zero-order valence-electron chi connectivity index (χ0n) is 17.3. The lowest BCUT2D eigenvalue weighted by molar-refractivity contribution is -0.132. The van der Waals surface area contributed by atoms with Gasteiger partial charge in [0, 0.05) is 16.3 Å². The molecule has 1 fully saturated rings. The highest BCUT2D eigenvalue weighted by atomic mass is 35.5. The van der Waals surface area contributed by atoms with Gasteiger partial charge in [0.05, 0.1) is 18.7 Å². The number of aryl methyl sites for hydroxylation is 1. The number of benzene rings is 3. The fourth-order valence-electron chi connectivity index (χ4n) is 3.84. The average Bonchev–Trinajstić information content (AvgIpc) is 3.05. The Balaban J connectivity index is 1.93. The second kappa shape index (κ2) is 8.48. The number of aliphatic hydroxyl groups excluding tert-OH is 1. The molecule has 1 heterocycles. The number of rotatable bonds is 4. The third kappa shape index (κ3) is 3.74. The Hall–Kier alpha value is -3.64. The number of hydrogen-bond acceptors (Lipinski definition) is 4. The third-order valence-electron chi connectivity index (χ3n) is 5.40. The van der Waals surface area contributed by atoms with Gasteiger partial charge >= 0.3 is 0 Å². The maximum absolute atomic E-state index is 13.6. The summed E-state index contributed by atoms with van der Waals surface area (Å²) in [7, 11) is 1.54. The number of halogens is 2. The highest BCUT2D eigenvalue weighted by Gasteiger charge is 2.47. The molecule has 1 aliphatic heterocycles. The Kier molecular flexibility index (Phi) is 5.72.